The second-order valence-electron chi connectivity index (χ2n) is 9.31. The maximum absolute atomic E-state index is 12.9. The van der Waals surface area contributed by atoms with Gasteiger partial charge in [0.25, 0.3) is 11.8 Å². The minimum Gasteiger partial charge on any atom is -0.354 e. The van der Waals surface area contributed by atoms with Crippen molar-refractivity contribution < 1.29 is 14.4 Å². The number of nitrogens with one attached hydrogen (secondary N) is 2. The van der Waals surface area contributed by atoms with E-state index in [4.69, 9.17) is 0 Å². The lowest BCUT2D eigenvalue weighted by molar-refractivity contribution is -0.132. The monoisotopic (exact) mass is 432 g/mol. The Morgan fingerprint density at radius 1 is 1.19 bits per heavy atom. The molecule has 1 aromatic rings. The van der Waals surface area contributed by atoms with Gasteiger partial charge < -0.3 is 20.4 Å². The van der Waals surface area contributed by atoms with Gasteiger partial charge in [0.05, 0.1) is 6.54 Å². The zero-order valence-electron chi connectivity index (χ0n) is 19.2. The summed E-state index contributed by atoms with van der Waals surface area (Å²) < 4.78 is 1.49. The molecule has 2 N–H and O–H groups in total. The van der Waals surface area contributed by atoms with E-state index in [9.17, 15) is 14.4 Å². The van der Waals surface area contributed by atoms with Crippen molar-refractivity contribution in [3.8, 4) is 0 Å². The number of fused-ring (bicyclic) bond motifs is 1. The van der Waals surface area contributed by atoms with Crippen LogP contribution < -0.4 is 10.6 Å². The Morgan fingerprint density at radius 3 is 2.58 bits per heavy atom. The summed E-state index contributed by atoms with van der Waals surface area (Å²) >= 11 is 0. The lowest BCUT2D eigenvalue weighted by Gasteiger charge is -2.40. The molecule has 31 heavy (non-hydrogen) atoms. The largest absolute Gasteiger partial charge is 0.354 e. The summed E-state index contributed by atoms with van der Waals surface area (Å²) in [6.45, 7) is 10.5. The van der Waals surface area contributed by atoms with E-state index in [1.165, 1.54) is 28.5 Å². The highest BCUT2D eigenvalue weighted by atomic mass is 16.2. The van der Waals surface area contributed by atoms with E-state index >= 15 is 0 Å². The Balaban J connectivity index is 1.60. The zero-order chi connectivity index (χ0) is 22.6. The van der Waals surface area contributed by atoms with Crippen LogP contribution in [-0.2, 0) is 11.3 Å². The van der Waals surface area contributed by atoms with Gasteiger partial charge in [-0.25, -0.2) is 0 Å². The average molecular weight is 433 g/mol. The molecule has 0 bridgehead atoms. The lowest BCUT2D eigenvalue weighted by Crippen LogP contribution is -2.62. The molecular formula is C22H36N6O3. The summed E-state index contributed by atoms with van der Waals surface area (Å²) in [7, 11) is 1.62. The fourth-order valence-electron chi connectivity index (χ4n) is 4.10. The topological polar surface area (TPSA) is 99.6 Å². The Hall–Kier alpha value is -2.42. The van der Waals surface area contributed by atoms with Gasteiger partial charge in [0.2, 0.25) is 5.91 Å². The van der Waals surface area contributed by atoms with Crippen LogP contribution in [0.1, 0.15) is 67.4 Å². The van der Waals surface area contributed by atoms with Crippen LogP contribution in [0.25, 0.3) is 0 Å². The van der Waals surface area contributed by atoms with Crippen LogP contribution in [0, 0.1) is 5.92 Å². The Kier molecular flexibility index (Phi) is 7.35. The molecule has 1 saturated heterocycles. The Morgan fingerprint density at radius 2 is 1.90 bits per heavy atom. The molecule has 9 heteroatoms. The maximum atomic E-state index is 12.9. The Labute approximate surface area is 184 Å². The van der Waals surface area contributed by atoms with Gasteiger partial charge in [-0.3, -0.25) is 19.1 Å². The van der Waals surface area contributed by atoms with Gasteiger partial charge in [-0.15, -0.1) is 0 Å². The van der Waals surface area contributed by atoms with Crippen LogP contribution in [0.15, 0.2) is 6.07 Å². The molecule has 3 rings (SSSR count). The van der Waals surface area contributed by atoms with Gasteiger partial charge in [-0.05, 0) is 58.2 Å². The number of rotatable bonds is 9. The highest BCUT2D eigenvalue weighted by Gasteiger charge is 2.46. The summed E-state index contributed by atoms with van der Waals surface area (Å²) in [5.41, 5.74) is -0.518. The molecule has 172 valence electrons. The summed E-state index contributed by atoms with van der Waals surface area (Å²) in [5, 5.41) is 10.2. The van der Waals surface area contributed by atoms with Crippen molar-refractivity contribution >= 4 is 17.7 Å². The maximum Gasteiger partial charge on any atom is 0.272 e. The normalized spacial score (nSPS) is 21.5. The van der Waals surface area contributed by atoms with Crippen LogP contribution in [-0.4, -0.2) is 82.6 Å². The molecule has 2 aliphatic rings. The minimum absolute atomic E-state index is 0.209. The molecule has 0 saturated carbocycles. The average Bonchev–Trinajstić information content (AvgIpc) is 3.39. The van der Waals surface area contributed by atoms with Crippen LogP contribution >= 0.6 is 0 Å². The fraction of sp³-hybridized carbons (Fsp3) is 0.727. The SMILES string of the molecule is CC(C)CCNC(=O)C1(C)Cn2nc(C(=O)NCCCN3CCCC3)cc2C(=O)N1C. The van der Waals surface area contributed by atoms with Gasteiger partial charge >= 0.3 is 0 Å². The van der Waals surface area contributed by atoms with E-state index in [2.05, 4.69) is 34.5 Å². The molecule has 9 nitrogen and oxygen atoms in total. The molecule has 1 atom stereocenters. The number of nitrogens with zero attached hydrogens (tertiary/aromatic N) is 4. The van der Waals surface area contributed by atoms with Crippen molar-refractivity contribution in [2.75, 3.05) is 39.8 Å². The van der Waals surface area contributed by atoms with Gasteiger partial charge in [0.1, 0.15) is 11.2 Å². The molecular weight excluding hydrogens is 396 g/mol. The third-order valence-electron chi connectivity index (χ3n) is 6.37. The van der Waals surface area contributed by atoms with Crippen molar-refractivity contribution in [3.63, 3.8) is 0 Å². The van der Waals surface area contributed by atoms with Gasteiger partial charge in [0.15, 0.2) is 5.69 Å². The fourth-order valence-corrected chi connectivity index (χ4v) is 4.10. The predicted octanol–water partition coefficient (Wildman–Crippen LogP) is 1.11. The quantitative estimate of drug-likeness (QED) is 0.570. The molecule has 0 spiro atoms. The first-order valence-corrected chi connectivity index (χ1v) is 11.4. The van der Waals surface area contributed by atoms with Crippen LogP contribution in [0.3, 0.4) is 0 Å². The number of hydrogen-bond acceptors (Lipinski definition) is 5. The zero-order valence-corrected chi connectivity index (χ0v) is 19.2. The molecule has 0 aliphatic carbocycles. The number of amides is 3. The molecule has 3 amide bonds. The van der Waals surface area contributed by atoms with E-state index in [1.54, 1.807) is 14.0 Å². The molecule has 0 radical (unpaired) electrons. The van der Waals surface area contributed by atoms with Crippen molar-refractivity contribution in [1.29, 1.82) is 0 Å². The summed E-state index contributed by atoms with van der Waals surface area (Å²) in [4.78, 5) is 42.2. The van der Waals surface area contributed by atoms with Crippen LogP contribution in [0.2, 0.25) is 0 Å². The number of likely N-dealkylation sites (tertiary alicyclic amines) is 1. The molecule has 2 aliphatic heterocycles. The van der Waals surface area contributed by atoms with Crippen molar-refractivity contribution in [2.24, 2.45) is 5.92 Å². The molecule has 0 aromatic carbocycles. The molecule has 3 heterocycles. The van der Waals surface area contributed by atoms with E-state index < -0.39 is 5.54 Å². The lowest BCUT2D eigenvalue weighted by atomic mass is 9.95. The second-order valence-corrected chi connectivity index (χ2v) is 9.31. The van der Waals surface area contributed by atoms with E-state index in [1.807, 2.05) is 0 Å². The standard InChI is InChI=1S/C22H36N6O3/c1-16(2)8-10-24-21(31)22(3)15-28-18(20(30)26(22)4)14-17(25-28)19(29)23-9-7-13-27-11-5-6-12-27/h14,16H,5-13,15H2,1-4H3,(H,23,29)(H,24,31). The number of carbonyl (C=O) groups is 3. The van der Waals surface area contributed by atoms with Gasteiger partial charge in [-0.1, -0.05) is 13.8 Å². The van der Waals surface area contributed by atoms with Crippen molar-refractivity contribution in [1.82, 2.24) is 30.2 Å². The van der Waals surface area contributed by atoms with Crippen molar-refractivity contribution in [3.05, 3.63) is 17.5 Å². The van der Waals surface area contributed by atoms with Crippen LogP contribution in [0.4, 0.5) is 0 Å². The number of carbonyl (C=O) groups excluding carboxylic acids is 3. The van der Waals surface area contributed by atoms with E-state index in [0.29, 0.717) is 24.7 Å². The third-order valence-corrected chi connectivity index (χ3v) is 6.37. The van der Waals surface area contributed by atoms with E-state index in [0.717, 1.165) is 32.5 Å². The van der Waals surface area contributed by atoms with Crippen LogP contribution in [0.5, 0.6) is 0 Å². The summed E-state index contributed by atoms with van der Waals surface area (Å²) in [6, 6.07) is 1.52. The van der Waals surface area contributed by atoms with Crippen molar-refractivity contribution in [2.45, 2.75) is 58.5 Å². The second kappa shape index (κ2) is 9.80. The molecule has 1 aromatic heterocycles. The first kappa shape index (κ1) is 23.2. The molecule has 1 unspecified atom stereocenters. The van der Waals surface area contributed by atoms with E-state index in [-0.39, 0.29) is 30.0 Å². The summed E-state index contributed by atoms with van der Waals surface area (Å²) in [5.74, 6) is -0.332. The highest BCUT2D eigenvalue weighted by molar-refractivity contribution is 6.01. The third kappa shape index (κ3) is 5.26. The summed E-state index contributed by atoms with van der Waals surface area (Å²) in [6.07, 6.45) is 4.26. The number of likely N-dealkylation sites (N-methyl/N-ethyl adjacent to an activating group) is 1. The minimum atomic E-state index is -1.06. The first-order chi connectivity index (χ1) is 14.7. The number of hydrogen-bond donors (Lipinski definition) is 2. The first-order valence-electron chi connectivity index (χ1n) is 11.4. The predicted molar refractivity (Wildman–Crippen MR) is 118 cm³/mol. The Bertz CT molecular complexity index is 814. The van der Waals surface area contributed by atoms with Gasteiger partial charge in [0, 0.05) is 26.2 Å². The highest BCUT2D eigenvalue weighted by Crippen LogP contribution is 2.26. The smallest absolute Gasteiger partial charge is 0.272 e. The van der Waals surface area contributed by atoms with Gasteiger partial charge in [-0.2, -0.15) is 5.10 Å². The molecule has 1 fully saturated rings. The number of aromatic nitrogens is 2.